The smallest absolute Gasteiger partial charge is 0.167 e. The van der Waals surface area contributed by atoms with Gasteiger partial charge in [-0.05, 0) is 37.6 Å². The molecule has 17 heavy (non-hydrogen) atoms. The maximum absolute atomic E-state index is 12.1. The first-order valence-corrected chi connectivity index (χ1v) is 6.20. The van der Waals surface area contributed by atoms with Crippen LogP contribution in [0.1, 0.15) is 37.0 Å². The molecule has 1 aromatic rings. The monoisotopic (exact) mass is 235 g/mol. The second-order valence-electron chi connectivity index (χ2n) is 4.04. The van der Waals surface area contributed by atoms with Crippen molar-refractivity contribution in [3.63, 3.8) is 0 Å². The Balaban J connectivity index is 2.74. The molecule has 0 aromatic heterocycles. The number of benzene rings is 1. The maximum Gasteiger partial charge on any atom is 0.167 e. The molecule has 0 aliphatic carbocycles. The van der Waals surface area contributed by atoms with Gasteiger partial charge in [-0.15, -0.1) is 0 Å². The molecule has 0 saturated heterocycles. The summed E-state index contributed by atoms with van der Waals surface area (Å²) in [6.07, 6.45) is 1.83. The minimum atomic E-state index is -0.0575. The summed E-state index contributed by atoms with van der Waals surface area (Å²) < 4.78 is 5.34. The summed E-state index contributed by atoms with van der Waals surface area (Å²) in [5.74, 6) is 0.874. The predicted octanol–water partition coefficient (Wildman–Crippen LogP) is 2.64. The average molecular weight is 235 g/mol. The Kier molecular flexibility index (Phi) is 5.70. The van der Waals surface area contributed by atoms with E-state index in [1.807, 2.05) is 31.2 Å². The molecule has 0 radical (unpaired) electrons. The molecule has 0 bridgehead atoms. The topological polar surface area (TPSA) is 52.3 Å². The van der Waals surface area contributed by atoms with Gasteiger partial charge in [0.2, 0.25) is 0 Å². The third-order valence-electron chi connectivity index (χ3n) is 2.74. The Morgan fingerprint density at radius 2 is 1.94 bits per heavy atom. The highest BCUT2D eigenvalue weighted by Gasteiger charge is 2.17. The molecule has 0 amide bonds. The molecule has 2 N–H and O–H groups in total. The van der Waals surface area contributed by atoms with Crippen LogP contribution in [0.3, 0.4) is 0 Å². The Morgan fingerprint density at radius 3 is 2.41 bits per heavy atom. The first-order valence-electron chi connectivity index (χ1n) is 6.20. The number of carbonyl (C=O) groups excluding carboxylic acids is 1. The summed E-state index contributed by atoms with van der Waals surface area (Å²) in [6, 6.07) is 7.28. The van der Waals surface area contributed by atoms with Gasteiger partial charge in [-0.2, -0.15) is 0 Å². The van der Waals surface area contributed by atoms with Crippen LogP contribution >= 0.6 is 0 Å². The highest BCUT2D eigenvalue weighted by atomic mass is 16.5. The van der Waals surface area contributed by atoms with E-state index >= 15 is 0 Å². The van der Waals surface area contributed by atoms with Gasteiger partial charge >= 0.3 is 0 Å². The predicted molar refractivity (Wildman–Crippen MR) is 69.4 cm³/mol. The van der Waals surface area contributed by atoms with Gasteiger partial charge in [-0.1, -0.05) is 13.3 Å². The molecule has 0 spiro atoms. The number of nitrogens with two attached hydrogens (primary N) is 1. The molecular formula is C14H21NO2. The summed E-state index contributed by atoms with van der Waals surface area (Å²) >= 11 is 0. The lowest BCUT2D eigenvalue weighted by atomic mass is 9.94. The minimum absolute atomic E-state index is 0.0575. The molecule has 1 rings (SSSR count). The third kappa shape index (κ3) is 3.86. The van der Waals surface area contributed by atoms with Crippen molar-refractivity contribution in [2.24, 2.45) is 11.7 Å². The van der Waals surface area contributed by atoms with Crippen molar-refractivity contribution in [2.75, 3.05) is 13.2 Å². The summed E-state index contributed by atoms with van der Waals surface area (Å²) in [7, 11) is 0. The fraction of sp³-hybridized carbons (Fsp3) is 0.500. The molecule has 0 saturated carbocycles. The van der Waals surface area contributed by atoms with Crippen molar-refractivity contribution in [1.29, 1.82) is 0 Å². The number of Topliss-reactive ketones (excluding diaryl/α,β-unsaturated/α-hetero) is 1. The molecule has 0 aliphatic heterocycles. The van der Waals surface area contributed by atoms with Crippen LogP contribution in [0.25, 0.3) is 0 Å². The van der Waals surface area contributed by atoms with E-state index in [0.29, 0.717) is 13.2 Å². The second-order valence-corrected chi connectivity index (χ2v) is 4.04. The van der Waals surface area contributed by atoms with Gasteiger partial charge in [-0.3, -0.25) is 4.79 Å². The van der Waals surface area contributed by atoms with Crippen molar-refractivity contribution < 1.29 is 9.53 Å². The first-order chi connectivity index (χ1) is 8.22. The summed E-state index contributed by atoms with van der Waals surface area (Å²) in [4.78, 5) is 12.1. The van der Waals surface area contributed by atoms with Crippen LogP contribution < -0.4 is 10.5 Å². The van der Waals surface area contributed by atoms with Crippen LogP contribution in [0.5, 0.6) is 5.75 Å². The fourth-order valence-electron chi connectivity index (χ4n) is 1.82. The first kappa shape index (κ1) is 13.7. The lowest BCUT2D eigenvalue weighted by molar-refractivity contribution is 0.0917. The SMILES string of the molecule is CCCC(CN)C(=O)c1ccc(OCC)cc1. The van der Waals surface area contributed by atoms with Crippen molar-refractivity contribution in [1.82, 2.24) is 0 Å². The van der Waals surface area contributed by atoms with Gasteiger partial charge in [0, 0.05) is 18.0 Å². The van der Waals surface area contributed by atoms with Gasteiger partial charge in [0.05, 0.1) is 6.61 Å². The summed E-state index contributed by atoms with van der Waals surface area (Å²) in [5, 5.41) is 0. The molecule has 1 unspecified atom stereocenters. The molecule has 0 aliphatic rings. The lowest BCUT2D eigenvalue weighted by Gasteiger charge is -2.12. The van der Waals surface area contributed by atoms with Gasteiger partial charge in [-0.25, -0.2) is 0 Å². The quantitative estimate of drug-likeness (QED) is 0.739. The molecule has 1 atom stereocenters. The number of rotatable bonds is 7. The van der Waals surface area contributed by atoms with Gasteiger partial charge in [0.25, 0.3) is 0 Å². The Morgan fingerprint density at radius 1 is 1.29 bits per heavy atom. The summed E-state index contributed by atoms with van der Waals surface area (Å²) in [6.45, 7) is 5.05. The Bertz CT molecular complexity index is 346. The van der Waals surface area contributed by atoms with Crippen molar-refractivity contribution in [3.05, 3.63) is 29.8 Å². The molecule has 0 fully saturated rings. The zero-order chi connectivity index (χ0) is 12.7. The van der Waals surface area contributed by atoms with Gasteiger partial charge < -0.3 is 10.5 Å². The Labute approximate surface area is 103 Å². The van der Waals surface area contributed by atoms with Gasteiger partial charge in [0.1, 0.15) is 5.75 Å². The van der Waals surface area contributed by atoms with E-state index in [9.17, 15) is 4.79 Å². The lowest BCUT2D eigenvalue weighted by Crippen LogP contribution is -2.23. The van der Waals surface area contributed by atoms with E-state index in [-0.39, 0.29) is 11.7 Å². The van der Waals surface area contributed by atoms with Crippen molar-refractivity contribution in [2.45, 2.75) is 26.7 Å². The summed E-state index contributed by atoms with van der Waals surface area (Å²) in [5.41, 5.74) is 6.35. The number of ketones is 1. The van der Waals surface area contributed by atoms with E-state index in [2.05, 4.69) is 6.92 Å². The largest absolute Gasteiger partial charge is 0.494 e. The second kappa shape index (κ2) is 7.07. The van der Waals surface area contributed by atoms with Crippen molar-refractivity contribution >= 4 is 5.78 Å². The molecule has 3 heteroatoms. The third-order valence-corrected chi connectivity index (χ3v) is 2.74. The number of hydrogen-bond acceptors (Lipinski definition) is 3. The van der Waals surface area contributed by atoms with Crippen molar-refractivity contribution in [3.8, 4) is 5.75 Å². The molecule has 3 nitrogen and oxygen atoms in total. The van der Waals surface area contributed by atoms with Crippen LogP contribution in [-0.4, -0.2) is 18.9 Å². The van der Waals surface area contributed by atoms with Crippen LogP contribution in [0.15, 0.2) is 24.3 Å². The van der Waals surface area contributed by atoms with Crippen LogP contribution in [-0.2, 0) is 0 Å². The van der Waals surface area contributed by atoms with E-state index in [0.717, 1.165) is 24.2 Å². The van der Waals surface area contributed by atoms with Crippen LogP contribution in [0.2, 0.25) is 0 Å². The fourth-order valence-corrected chi connectivity index (χ4v) is 1.82. The van der Waals surface area contributed by atoms with E-state index in [1.165, 1.54) is 0 Å². The average Bonchev–Trinajstić information content (AvgIpc) is 2.36. The van der Waals surface area contributed by atoms with E-state index < -0.39 is 0 Å². The zero-order valence-electron chi connectivity index (χ0n) is 10.6. The molecular weight excluding hydrogens is 214 g/mol. The standard InChI is InChI=1S/C14H21NO2/c1-3-5-12(10-15)14(16)11-6-8-13(9-7-11)17-4-2/h6-9,12H,3-5,10,15H2,1-2H3. The number of ether oxygens (including phenoxy) is 1. The van der Waals surface area contributed by atoms with Crippen LogP contribution in [0, 0.1) is 5.92 Å². The molecule has 0 heterocycles. The molecule has 94 valence electrons. The molecule has 1 aromatic carbocycles. The maximum atomic E-state index is 12.1. The Hall–Kier alpha value is -1.35. The normalized spacial score (nSPS) is 12.2. The zero-order valence-corrected chi connectivity index (χ0v) is 10.6. The number of hydrogen-bond donors (Lipinski definition) is 1. The minimum Gasteiger partial charge on any atom is -0.494 e. The van der Waals surface area contributed by atoms with Gasteiger partial charge in [0.15, 0.2) is 5.78 Å². The number of carbonyl (C=O) groups is 1. The van der Waals surface area contributed by atoms with E-state index in [4.69, 9.17) is 10.5 Å². The van der Waals surface area contributed by atoms with E-state index in [1.54, 1.807) is 0 Å². The van der Waals surface area contributed by atoms with Crippen LogP contribution in [0.4, 0.5) is 0 Å². The highest BCUT2D eigenvalue weighted by molar-refractivity contribution is 5.98. The highest BCUT2D eigenvalue weighted by Crippen LogP contribution is 2.17.